The van der Waals surface area contributed by atoms with Gasteiger partial charge in [-0.1, -0.05) is 0 Å². The summed E-state index contributed by atoms with van der Waals surface area (Å²) in [6.07, 6.45) is 3.23. The Labute approximate surface area is 86.1 Å². The zero-order valence-electron chi connectivity index (χ0n) is 7.79. The third-order valence-electron chi connectivity index (χ3n) is 1.58. The molecular weight excluding hydrogens is 203 g/mol. The second kappa shape index (κ2) is 5.59. The van der Waals surface area contributed by atoms with E-state index in [0.29, 0.717) is 12.1 Å². The van der Waals surface area contributed by atoms with Crippen LogP contribution in [-0.2, 0) is 0 Å². The smallest absolute Gasteiger partial charge is 0.251 e. The molecule has 1 heterocycles. The van der Waals surface area contributed by atoms with E-state index in [1.165, 1.54) is 12.3 Å². The first-order chi connectivity index (χ1) is 6.74. The topological polar surface area (TPSA) is 42.0 Å². The minimum atomic E-state index is -0.637. The molecule has 0 aliphatic heterocycles. The Kier molecular flexibility index (Phi) is 4.39. The van der Waals surface area contributed by atoms with Crippen LogP contribution in [0.2, 0.25) is 0 Å². The zero-order chi connectivity index (χ0) is 10.4. The molecule has 0 atom stereocenters. The second-order valence-corrected chi connectivity index (χ2v) is 3.60. The van der Waals surface area contributed by atoms with Crippen LogP contribution in [0.25, 0.3) is 0 Å². The Bertz CT molecular complexity index is 319. The molecule has 0 aliphatic carbocycles. The van der Waals surface area contributed by atoms with Crippen molar-refractivity contribution in [3.8, 4) is 0 Å². The van der Waals surface area contributed by atoms with E-state index in [0.717, 1.165) is 11.8 Å². The molecule has 76 valence electrons. The predicted octanol–water partition coefficient (Wildman–Crippen LogP) is 1.31. The number of rotatable bonds is 4. The van der Waals surface area contributed by atoms with Crippen LogP contribution in [0.4, 0.5) is 4.39 Å². The van der Waals surface area contributed by atoms with Gasteiger partial charge in [0.2, 0.25) is 5.95 Å². The van der Waals surface area contributed by atoms with Gasteiger partial charge in [0.05, 0.1) is 0 Å². The fraction of sp³-hybridized carbons (Fsp3) is 0.333. The number of hydrogen-bond acceptors (Lipinski definition) is 3. The lowest BCUT2D eigenvalue weighted by Gasteiger charge is -2.03. The number of pyridine rings is 1. The number of aromatic nitrogens is 1. The summed E-state index contributed by atoms with van der Waals surface area (Å²) in [5.41, 5.74) is 0.304. The van der Waals surface area contributed by atoms with Gasteiger partial charge in [-0.2, -0.15) is 16.2 Å². The average molecular weight is 214 g/mol. The molecule has 0 saturated carbocycles. The van der Waals surface area contributed by atoms with E-state index in [1.54, 1.807) is 11.8 Å². The van der Waals surface area contributed by atoms with Crippen LogP contribution >= 0.6 is 11.8 Å². The minimum absolute atomic E-state index is 0.264. The highest BCUT2D eigenvalue weighted by atomic mass is 32.2. The molecule has 0 bridgehead atoms. The standard InChI is InChI=1S/C9H11FN2OS/c1-14-5-4-12-9(13)7-2-3-11-8(10)6-7/h2-3,6H,4-5H2,1H3,(H,12,13). The first kappa shape index (κ1) is 11.0. The van der Waals surface area contributed by atoms with Gasteiger partial charge in [-0.3, -0.25) is 4.79 Å². The average Bonchev–Trinajstić information content (AvgIpc) is 2.18. The van der Waals surface area contributed by atoms with E-state index in [-0.39, 0.29) is 5.91 Å². The van der Waals surface area contributed by atoms with Crippen molar-refractivity contribution >= 4 is 17.7 Å². The fourth-order valence-corrected chi connectivity index (χ4v) is 1.22. The summed E-state index contributed by atoms with van der Waals surface area (Å²) in [7, 11) is 0. The van der Waals surface area contributed by atoms with E-state index in [4.69, 9.17) is 0 Å². The van der Waals surface area contributed by atoms with Crippen molar-refractivity contribution in [2.45, 2.75) is 0 Å². The van der Waals surface area contributed by atoms with Crippen LogP contribution in [0, 0.1) is 5.95 Å². The molecule has 0 spiro atoms. The summed E-state index contributed by atoms with van der Waals surface area (Å²) in [4.78, 5) is 14.7. The largest absolute Gasteiger partial charge is 0.351 e. The number of halogens is 1. The van der Waals surface area contributed by atoms with Crippen LogP contribution in [0.5, 0.6) is 0 Å². The normalized spacial score (nSPS) is 9.86. The summed E-state index contributed by atoms with van der Waals surface area (Å²) in [5.74, 6) is -0.0536. The zero-order valence-corrected chi connectivity index (χ0v) is 8.60. The highest BCUT2D eigenvalue weighted by Gasteiger charge is 2.05. The van der Waals surface area contributed by atoms with Gasteiger partial charge in [0.15, 0.2) is 0 Å². The van der Waals surface area contributed by atoms with Gasteiger partial charge in [-0.25, -0.2) is 4.98 Å². The lowest BCUT2D eigenvalue weighted by molar-refractivity contribution is 0.0955. The van der Waals surface area contributed by atoms with Crippen molar-refractivity contribution in [3.05, 3.63) is 29.8 Å². The Morgan fingerprint density at radius 1 is 1.71 bits per heavy atom. The summed E-state index contributed by atoms with van der Waals surface area (Å²) in [5, 5.41) is 2.67. The molecule has 14 heavy (non-hydrogen) atoms. The molecule has 5 heteroatoms. The molecule has 1 N–H and O–H groups in total. The van der Waals surface area contributed by atoms with Crippen molar-refractivity contribution in [1.29, 1.82) is 0 Å². The van der Waals surface area contributed by atoms with Gasteiger partial charge in [-0.05, 0) is 12.3 Å². The maximum atomic E-state index is 12.6. The quantitative estimate of drug-likeness (QED) is 0.607. The predicted molar refractivity (Wildman–Crippen MR) is 54.9 cm³/mol. The molecule has 0 aliphatic rings. The summed E-state index contributed by atoms with van der Waals surface area (Å²) >= 11 is 1.64. The van der Waals surface area contributed by atoms with E-state index in [2.05, 4.69) is 10.3 Å². The van der Waals surface area contributed by atoms with Crippen LogP contribution in [-0.4, -0.2) is 29.4 Å². The Morgan fingerprint density at radius 3 is 3.14 bits per heavy atom. The molecule has 0 unspecified atom stereocenters. The van der Waals surface area contributed by atoms with E-state index in [1.807, 2.05) is 6.26 Å². The molecule has 1 amide bonds. The molecule has 0 radical (unpaired) electrons. The first-order valence-corrected chi connectivity index (χ1v) is 5.52. The van der Waals surface area contributed by atoms with Gasteiger partial charge in [0.1, 0.15) is 0 Å². The van der Waals surface area contributed by atoms with Crippen LogP contribution in [0.3, 0.4) is 0 Å². The van der Waals surface area contributed by atoms with E-state index < -0.39 is 5.95 Å². The number of nitrogens with zero attached hydrogens (tertiary/aromatic N) is 1. The Balaban J connectivity index is 2.52. The van der Waals surface area contributed by atoms with Gasteiger partial charge < -0.3 is 5.32 Å². The lowest BCUT2D eigenvalue weighted by Crippen LogP contribution is -2.25. The number of carbonyl (C=O) groups is 1. The third-order valence-corrected chi connectivity index (χ3v) is 2.19. The molecular formula is C9H11FN2OS. The lowest BCUT2D eigenvalue weighted by atomic mass is 10.2. The number of thioether (sulfide) groups is 1. The van der Waals surface area contributed by atoms with Crippen molar-refractivity contribution in [2.24, 2.45) is 0 Å². The molecule has 1 rings (SSSR count). The second-order valence-electron chi connectivity index (χ2n) is 2.62. The molecule has 0 aromatic carbocycles. The Morgan fingerprint density at radius 2 is 2.50 bits per heavy atom. The molecule has 0 saturated heterocycles. The SMILES string of the molecule is CSCCNC(=O)c1ccnc(F)c1. The first-order valence-electron chi connectivity index (χ1n) is 4.12. The Hall–Kier alpha value is -1.10. The van der Waals surface area contributed by atoms with Crippen molar-refractivity contribution in [2.75, 3.05) is 18.6 Å². The highest BCUT2D eigenvalue weighted by molar-refractivity contribution is 7.98. The number of amides is 1. The molecule has 3 nitrogen and oxygen atoms in total. The summed E-state index contributed by atoms with van der Waals surface area (Å²) < 4.78 is 12.6. The van der Waals surface area contributed by atoms with E-state index in [9.17, 15) is 9.18 Å². The molecule has 0 fully saturated rings. The van der Waals surface area contributed by atoms with Gasteiger partial charge in [0, 0.05) is 30.1 Å². The highest BCUT2D eigenvalue weighted by Crippen LogP contribution is 2.00. The van der Waals surface area contributed by atoms with Gasteiger partial charge >= 0.3 is 0 Å². The van der Waals surface area contributed by atoms with Crippen molar-refractivity contribution < 1.29 is 9.18 Å². The van der Waals surface area contributed by atoms with Crippen LogP contribution in [0.15, 0.2) is 18.3 Å². The number of nitrogens with one attached hydrogen (secondary N) is 1. The van der Waals surface area contributed by atoms with Crippen molar-refractivity contribution in [3.63, 3.8) is 0 Å². The summed E-state index contributed by atoms with van der Waals surface area (Å²) in [6, 6.07) is 2.60. The van der Waals surface area contributed by atoms with Gasteiger partial charge in [-0.15, -0.1) is 0 Å². The van der Waals surface area contributed by atoms with E-state index >= 15 is 0 Å². The fourth-order valence-electron chi connectivity index (χ4n) is 0.912. The van der Waals surface area contributed by atoms with Crippen LogP contribution < -0.4 is 5.32 Å². The number of carbonyl (C=O) groups excluding carboxylic acids is 1. The molecule has 1 aromatic heterocycles. The van der Waals surface area contributed by atoms with Gasteiger partial charge in [0.25, 0.3) is 5.91 Å². The molecule has 1 aromatic rings. The van der Waals surface area contributed by atoms with Crippen LogP contribution in [0.1, 0.15) is 10.4 Å². The maximum absolute atomic E-state index is 12.6. The third kappa shape index (κ3) is 3.33. The maximum Gasteiger partial charge on any atom is 0.251 e. The monoisotopic (exact) mass is 214 g/mol. The number of hydrogen-bond donors (Lipinski definition) is 1. The summed E-state index contributed by atoms with van der Waals surface area (Å²) in [6.45, 7) is 0.587. The van der Waals surface area contributed by atoms with Crippen molar-refractivity contribution in [1.82, 2.24) is 10.3 Å². The minimum Gasteiger partial charge on any atom is -0.351 e.